The molecule has 0 fully saturated rings. The number of aryl methyl sites for hydroxylation is 3. The Kier molecular flexibility index (Phi) is 5.82. The summed E-state index contributed by atoms with van der Waals surface area (Å²) in [6.45, 7) is 9.51. The molecule has 0 heterocycles. The first kappa shape index (κ1) is 13.8. The molecule has 17 heavy (non-hydrogen) atoms. The van der Waals surface area contributed by atoms with Crippen LogP contribution >= 0.6 is 0 Å². The Hall–Kier alpha value is -1.24. The second-order valence-electron chi connectivity index (χ2n) is 4.68. The van der Waals surface area contributed by atoms with E-state index >= 15 is 0 Å². The second kappa shape index (κ2) is 7.16. The molecule has 0 atom stereocenters. The minimum atomic E-state index is 0.832. The van der Waals surface area contributed by atoms with Gasteiger partial charge in [0.15, 0.2) is 0 Å². The summed E-state index contributed by atoms with van der Waals surface area (Å²) in [5, 5.41) is 0. The van der Waals surface area contributed by atoms with E-state index in [1.54, 1.807) is 0 Å². The lowest BCUT2D eigenvalue weighted by Crippen LogP contribution is -1.94. The van der Waals surface area contributed by atoms with Crippen LogP contribution in [0.4, 0.5) is 0 Å². The minimum absolute atomic E-state index is 0.832. The average Bonchev–Trinajstić information content (AvgIpc) is 2.26. The number of rotatable bonds is 6. The van der Waals surface area contributed by atoms with Crippen molar-refractivity contribution in [1.29, 1.82) is 0 Å². The molecule has 0 spiro atoms. The van der Waals surface area contributed by atoms with E-state index in [1.165, 1.54) is 28.7 Å². The fourth-order valence-electron chi connectivity index (χ4n) is 2.06. The predicted molar refractivity (Wildman–Crippen MR) is 74.4 cm³/mol. The van der Waals surface area contributed by atoms with Crippen LogP contribution in [0.1, 0.15) is 42.0 Å². The van der Waals surface area contributed by atoms with Crippen molar-refractivity contribution in [2.75, 3.05) is 6.61 Å². The van der Waals surface area contributed by atoms with E-state index in [4.69, 9.17) is 4.74 Å². The summed E-state index contributed by atoms with van der Waals surface area (Å²) in [6.07, 6.45) is 7.23. The standard InChI is InChI=1S/C16H24O/c1-5-6-9-17-10-7-8-16-14(3)11-13(2)12-15(16)4/h7,10-12H,5-6,8-9H2,1-4H3/b10-7+. The van der Waals surface area contributed by atoms with Crippen LogP contribution in [0.25, 0.3) is 0 Å². The number of ether oxygens (including phenoxy) is 1. The van der Waals surface area contributed by atoms with Gasteiger partial charge in [0, 0.05) is 0 Å². The first-order chi connectivity index (χ1) is 8.15. The van der Waals surface area contributed by atoms with E-state index in [-0.39, 0.29) is 0 Å². The van der Waals surface area contributed by atoms with Crippen LogP contribution in [0.2, 0.25) is 0 Å². The van der Waals surface area contributed by atoms with E-state index in [1.807, 2.05) is 6.26 Å². The molecular weight excluding hydrogens is 208 g/mol. The molecular formula is C16H24O. The summed E-state index contributed by atoms with van der Waals surface area (Å²) in [5.41, 5.74) is 5.51. The van der Waals surface area contributed by atoms with Crippen LogP contribution in [-0.4, -0.2) is 6.61 Å². The van der Waals surface area contributed by atoms with Crippen molar-refractivity contribution in [2.24, 2.45) is 0 Å². The van der Waals surface area contributed by atoms with E-state index in [9.17, 15) is 0 Å². The third kappa shape index (κ3) is 4.64. The molecule has 0 aliphatic heterocycles. The van der Waals surface area contributed by atoms with Gasteiger partial charge in [-0.1, -0.05) is 31.0 Å². The van der Waals surface area contributed by atoms with Crippen LogP contribution < -0.4 is 0 Å². The van der Waals surface area contributed by atoms with Gasteiger partial charge in [0.05, 0.1) is 12.9 Å². The molecule has 1 rings (SSSR count). The molecule has 1 aromatic carbocycles. The van der Waals surface area contributed by atoms with Crippen molar-refractivity contribution in [3.63, 3.8) is 0 Å². The maximum atomic E-state index is 5.42. The largest absolute Gasteiger partial charge is 0.502 e. The molecule has 0 saturated heterocycles. The van der Waals surface area contributed by atoms with Crippen molar-refractivity contribution < 1.29 is 4.74 Å². The lowest BCUT2D eigenvalue weighted by molar-refractivity contribution is 0.243. The Balaban J connectivity index is 2.52. The Bertz CT molecular complexity index is 354. The van der Waals surface area contributed by atoms with Gasteiger partial charge in [-0.3, -0.25) is 0 Å². The number of hydrogen-bond acceptors (Lipinski definition) is 1. The quantitative estimate of drug-likeness (QED) is 0.519. The Labute approximate surface area is 106 Å². The van der Waals surface area contributed by atoms with Crippen molar-refractivity contribution in [3.05, 3.63) is 46.7 Å². The summed E-state index contributed by atoms with van der Waals surface area (Å²) in [4.78, 5) is 0. The Morgan fingerprint density at radius 3 is 2.35 bits per heavy atom. The van der Waals surface area contributed by atoms with E-state index < -0.39 is 0 Å². The number of hydrogen-bond donors (Lipinski definition) is 0. The molecule has 0 unspecified atom stereocenters. The molecule has 0 bridgehead atoms. The lowest BCUT2D eigenvalue weighted by atomic mass is 9.97. The maximum Gasteiger partial charge on any atom is 0.0873 e. The topological polar surface area (TPSA) is 9.23 Å². The molecule has 94 valence electrons. The molecule has 0 N–H and O–H groups in total. The van der Waals surface area contributed by atoms with Crippen LogP contribution in [-0.2, 0) is 11.2 Å². The van der Waals surface area contributed by atoms with Gasteiger partial charge in [0.1, 0.15) is 0 Å². The first-order valence-electron chi connectivity index (χ1n) is 6.48. The van der Waals surface area contributed by atoms with Crippen LogP contribution in [0.5, 0.6) is 0 Å². The molecule has 0 aliphatic carbocycles. The smallest absolute Gasteiger partial charge is 0.0873 e. The van der Waals surface area contributed by atoms with Gasteiger partial charge in [0.2, 0.25) is 0 Å². The van der Waals surface area contributed by atoms with Crippen molar-refractivity contribution in [2.45, 2.75) is 47.0 Å². The highest BCUT2D eigenvalue weighted by atomic mass is 16.5. The van der Waals surface area contributed by atoms with Crippen molar-refractivity contribution in [3.8, 4) is 0 Å². The van der Waals surface area contributed by atoms with E-state index in [0.29, 0.717) is 0 Å². The molecule has 1 aromatic rings. The van der Waals surface area contributed by atoms with Crippen molar-refractivity contribution in [1.82, 2.24) is 0 Å². The van der Waals surface area contributed by atoms with Gasteiger partial charge in [0.25, 0.3) is 0 Å². The molecule has 0 aliphatic rings. The highest BCUT2D eigenvalue weighted by molar-refractivity contribution is 5.38. The third-order valence-corrected chi connectivity index (χ3v) is 2.97. The third-order valence-electron chi connectivity index (χ3n) is 2.97. The SMILES string of the molecule is CCCCO/C=C/Cc1c(C)cc(C)cc1C. The lowest BCUT2D eigenvalue weighted by Gasteiger charge is -2.09. The number of allylic oxidation sites excluding steroid dienone is 1. The number of benzene rings is 1. The second-order valence-corrected chi connectivity index (χ2v) is 4.68. The van der Waals surface area contributed by atoms with Gasteiger partial charge in [-0.05, 0) is 56.4 Å². The molecule has 0 aromatic heterocycles. The predicted octanol–water partition coefficient (Wildman–Crippen LogP) is 4.48. The highest BCUT2D eigenvalue weighted by Gasteiger charge is 2.01. The summed E-state index contributed by atoms with van der Waals surface area (Å²) < 4.78 is 5.42. The summed E-state index contributed by atoms with van der Waals surface area (Å²) >= 11 is 0. The van der Waals surface area contributed by atoms with Gasteiger partial charge in [-0.2, -0.15) is 0 Å². The molecule has 1 heteroatoms. The zero-order valence-corrected chi connectivity index (χ0v) is 11.5. The summed E-state index contributed by atoms with van der Waals surface area (Å²) in [5.74, 6) is 0. The zero-order valence-electron chi connectivity index (χ0n) is 11.5. The first-order valence-corrected chi connectivity index (χ1v) is 6.48. The van der Waals surface area contributed by atoms with E-state index in [2.05, 4.69) is 45.9 Å². The van der Waals surface area contributed by atoms with Crippen molar-refractivity contribution >= 4 is 0 Å². The van der Waals surface area contributed by atoms with Crippen LogP contribution in [0, 0.1) is 20.8 Å². The molecule has 0 radical (unpaired) electrons. The average molecular weight is 232 g/mol. The van der Waals surface area contributed by atoms with Gasteiger partial charge in [-0.15, -0.1) is 0 Å². The zero-order chi connectivity index (χ0) is 12.7. The monoisotopic (exact) mass is 232 g/mol. The molecule has 0 saturated carbocycles. The van der Waals surface area contributed by atoms with Gasteiger partial charge >= 0.3 is 0 Å². The highest BCUT2D eigenvalue weighted by Crippen LogP contribution is 2.17. The van der Waals surface area contributed by atoms with Gasteiger partial charge < -0.3 is 4.74 Å². The minimum Gasteiger partial charge on any atom is -0.502 e. The van der Waals surface area contributed by atoms with Gasteiger partial charge in [-0.25, -0.2) is 0 Å². The maximum absolute atomic E-state index is 5.42. The van der Waals surface area contributed by atoms with Crippen LogP contribution in [0.3, 0.4) is 0 Å². The van der Waals surface area contributed by atoms with Crippen LogP contribution in [0.15, 0.2) is 24.5 Å². The summed E-state index contributed by atoms with van der Waals surface area (Å²) in [7, 11) is 0. The molecule has 0 amide bonds. The number of unbranched alkanes of at least 4 members (excludes halogenated alkanes) is 1. The summed E-state index contributed by atoms with van der Waals surface area (Å²) in [6, 6.07) is 4.49. The normalized spacial score (nSPS) is 11.1. The molecule has 1 nitrogen and oxygen atoms in total. The fraction of sp³-hybridized carbons (Fsp3) is 0.500. The fourth-order valence-corrected chi connectivity index (χ4v) is 2.06. The van der Waals surface area contributed by atoms with E-state index in [0.717, 1.165) is 19.4 Å². The Morgan fingerprint density at radius 1 is 1.12 bits per heavy atom. The Morgan fingerprint density at radius 2 is 1.76 bits per heavy atom.